The van der Waals surface area contributed by atoms with Crippen LogP contribution in [0.25, 0.3) is 22.2 Å². The van der Waals surface area contributed by atoms with Gasteiger partial charge < -0.3 is 14.6 Å². The van der Waals surface area contributed by atoms with Crippen LogP contribution in [-0.2, 0) is 11.3 Å². The van der Waals surface area contributed by atoms with Gasteiger partial charge in [-0.25, -0.2) is 0 Å². The molecule has 27 heavy (non-hydrogen) atoms. The Labute approximate surface area is 155 Å². The third-order valence-electron chi connectivity index (χ3n) is 5.43. The molecule has 0 fully saturated rings. The van der Waals surface area contributed by atoms with E-state index < -0.39 is 0 Å². The summed E-state index contributed by atoms with van der Waals surface area (Å²) in [6, 6.07) is 15.5. The quantitative estimate of drug-likeness (QED) is 0.762. The van der Waals surface area contributed by atoms with Crippen molar-refractivity contribution in [1.82, 2.24) is 9.88 Å². The molecule has 0 saturated carbocycles. The van der Waals surface area contributed by atoms with Crippen molar-refractivity contribution in [2.75, 3.05) is 7.11 Å². The Kier molecular flexibility index (Phi) is 3.44. The van der Waals surface area contributed by atoms with Gasteiger partial charge >= 0.3 is 0 Å². The zero-order chi connectivity index (χ0) is 18.5. The molecule has 2 aromatic carbocycles. The molecule has 5 nitrogen and oxygen atoms in total. The third-order valence-corrected chi connectivity index (χ3v) is 5.43. The number of aromatic amines is 1. The molecule has 0 saturated heterocycles. The first-order valence-corrected chi connectivity index (χ1v) is 8.99. The molecule has 0 aliphatic carbocycles. The first-order valence-electron chi connectivity index (χ1n) is 8.99. The van der Waals surface area contributed by atoms with Gasteiger partial charge in [0.2, 0.25) is 5.91 Å². The highest BCUT2D eigenvalue weighted by molar-refractivity contribution is 6.03. The molecular weight excluding hydrogens is 340 g/mol. The molecule has 0 bridgehead atoms. The van der Waals surface area contributed by atoms with Crippen molar-refractivity contribution in [2.45, 2.75) is 19.4 Å². The monoisotopic (exact) mass is 358 g/mol. The summed E-state index contributed by atoms with van der Waals surface area (Å²) in [6.07, 6.45) is 1.14. The number of hydrogen-bond donors (Lipinski definition) is 1. The summed E-state index contributed by atoms with van der Waals surface area (Å²) in [4.78, 5) is 30.9. The molecule has 0 unspecified atom stereocenters. The van der Waals surface area contributed by atoms with Crippen molar-refractivity contribution >= 4 is 28.1 Å². The number of ether oxygens (including phenoxy) is 1. The molecule has 0 spiro atoms. The average Bonchev–Trinajstić information content (AvgIpc) is 3.10. The molecule has 5 heteroatoms. The Morgan fingerprint density at radius 3 is 2.63 bits per heavy atom. The lowest BCUT2D eigenvalue weighted by molar-refractivity contribution is -0.128. The minimum atomic E-state index is -0.0419. The molecule has 0 radical (unpaired) electrons. The van der Waals surface area contributed by atoms with Crippen LogP contribution in [-0.4, -0.2) is 22.9 Å². The number of rotatable bonds is 2. The SMILES string of the molecule is COc1ccc2[nH]c3c(c(=O)c2c1)CN1C(=O)CCC(c2ccccc2)=C31. The molecule has 3 aromatic rings. The summed E-state index contributed by atoms with van der Waals surface area (Å²) in [7, 11) is 1.58. The van der Waals surface area contributed by atoms with Crippen molar-refractivity contribution in [1.29, 1.82) is 0 Å². The first kappa shape index (κ1) is 15.9. The van der Waals surface area contributed by atoms with Crippen LogP contribution in [0.4, 0.5) is 0 Å². The predicted octanol–water partition coefficient (Wildman–Crippen LogP) is 3.54. The Morgan fingerprint density at radius 2 is 1.85 bits per heavy atom. The Balaban J connectivity index is 1.81. The number of nitrogens with one attached hydrogen (secondary N) is 1. The summed E-state index contributed by atoms with van der Waals surface area (Å²) in [5.74, 6) is 0.708. The highest BCUT2D eigenvalue weighted by atomic mass is 16.5. The number of hydrogen-bond acceptors (Lipinski definition) is 3. The smallest absolute Gasteiger partial charge is 0.227 e. The topological polar surface area (TPSA) is 62.4 Å². The van der Waals surface area contributed by atoms with E-state index in [0.717, 1.165) is 28.0 Å². The predicted molar refractivity (Wildman–Crippen MR) is 104 cm³/mol. The number of amides is 1. The highest BCUT2D eigenvalue weighted by Crippen LogP contribution is 2.42. The van der Waals surface area contributed by atoms with Crippen LogP contribution < -0.4 is 10.2 Å². The summed E-state index contributed by atoms with van der Waals surface area (Å²) in [5.41, 5.74) is 5.17. The molecule has 1 aromatic heterocycles. The van der Waals surface area contributed by atoms with Crippen LogP contribution in [0.15, 0.2) is 53.3 Å². The fraction of sp³-hybridized carbons (Fsp3) is 0.182. The standard InChI is InChI=1S/C22H18N2O3/c1-27-14-7-9-18-16(11-14)22(26)17-12-24-19(25)10-8-15(21(24)20(17)23-18)13-5-3-2-4-6-13/h2-7,9,11H,8,10,12H2,1H3,(H,23,26). The number of nitrogens with zero attached hydrogens (tertiary/aromatic N) is 1. The van der Waals surface area contributed by atoms with Gasteiger partial charge in [0.05, 0.1) is 30.6 Å². The number of H-pyrrole nitrogens is 1. The van der Waals surface area contributed by atoms with Crippen molar-refractivity contribution < 1.29 is 9.53 Å². The summed E-state index contributed by atoms with van der Waals surface area (Å²) >= 11 is 0. The highest BCUT2D eigenvalue weighted by Gasteiger charge is 2.37. The first-order chi connectivity index (χ1) is 13.2. The lowest BCUT2D eigenvalue weighted by atomic mass is 9.94. The van der Waals surface area contributed by atoms with Gasteiger partial charge in [-0.15, -0.1) is 0 Å². The average molecular weight is 358 g/mol. The number of pyridine rings is 1. The number of fused-ring (bicyclic) bond motifs is 4. The maximum absolute atomic E-state index is 13.1. The van der Waals surface area contributed by atoms with Crippen LogP contribution in [0.2, 0.25) is 0 Å². The third kappa shape index (κ3) is 2.31. The van der Waals surface area contributed by atoms with Crippen molar-refractivity contribution in [3.63, 3.8) is 0 Å². The minimum absolute atomic E-state index is 0.0419. The van der Waals surface area contributed by atoms with Gasteiger partial charge in [-0.1, -0.05) is 30.3 Å². The van der Waals surface area contributed by atoms with Crippen LogP contribution >= 0.6 is 0 Å². The fourth-order valence-corrected chi connectivity index (χ4v) is 4.09. The van der Waals surface area contributed by atoms with E-state index in [-0.39, 0.29) is 11.3 Å². The number of carbonyl (C=O) groups excluding carboxylic acids is 1. The number of aromatic nitrogens is 1. The number of allylic oxidation sites excluding steroid dienone is 1. The molecule has 5 rings (SSSR count). The molecule has 134 valence electrons. The normalized spacial score (nSPS) is 15.9. The number of benzene rings is 2. The maximum atomic E-state index is 13.1. The molecular formula is C22H18N2O3. The lowest BCUT2D eigenvalue weighted by Crippen LogP contribution is -2.28. The summed E-state index contributed by atoms with van der Waals surface area (Å²) in [5, 5.41) is 0.585. The second-order valence-electron chi connectivity index (χ2n) is 6.89. The van der Waals surface area contributed by atoms with Crippen molar-refractivity contribution in [3.8, 4) is 5.75 Å². The van der Waals surface area contributed by atoms with Gasteiger partial charge in [0.1, 0.15) is 5.75 Å². The van der Waals surface area contributed by atoms with E-state index in [1.807, 2.05) is 30.3 Å². The molecule has 1 N–H and O–H groups in total. The van der Waals surface area contributed by atoms with Gasteiger partial charge in [-0.05, 0) is 35.8 Å². The summed E-state index contributed by atoms with van der Waals surface area (Å²) in [6.45, 7) is 0.322. The van der Waals surface area contributed by atoms with Gasteiger partial charge in [0.15, 0.2) is 5.43 Å². The molecule has 3 heterocycles. The van der Waals surface area contributed by atoms with Gasteiger partial charge in [-0.2, -0.15) is 0 Å². The minimum Gasteiger partial charge on any atom is -0.497 e. The van der Waals surface area contributed by atoms with E-state index >= 15 is 0 Å². The zero-order valence-electron chi connectivity index (χ0n) is 14.9. The number of carbonyl (C=O) groups is 1. The second kappa shape index (κ2) is 5.84. The Morgan fingerprint density at radius 1 is 1.04 bits per heavy atom. The van der Waals surface area contributed by atoms with Crippen LogP contribution in [0.3, 0.4) is 0 Å². The van der Waals surface area contributed by atoms with Crippen molar-refractivity contribution in [3.05, 3.63) is 75.6 Å². The molecule has 1 amide bonds. The zero-order valence-corrected chi connectivity index (χ0v) is 14.9. The van der Waals surface area contributed by atoms with Crippen molar-refractivity contribution in [2.24, 2.45) is 0 Å². The van der Waals surface area contributed by atoms with Crippen LogP contribution in [0.1, 0.15) is 29.7 Å². The number of methoxy groups -OCH3 is 1. The van der Waals surface area contributed by atoms with Gasteiger partial charge in [0, 0.05) is 17.4 Å². The van der Waals surface area contributed by atoms with E-state index in [2.05, 4.69) is 17.1 Å². The largest absolute Gasteiger partial charge is 0.497 e. The lowest BCUT2D eigenvalue weighted by Gasteiger charge is -2.27. The van der Waals surface area contributed by atoms with E-state index in [1.54, 1.807) is 18.1 Å². The molecule has 2 aliphatic rings. The molecule has 0 atom stereocenters. The molecule has 2 aliphatic heterocycles. The van der Waals surface area contributed by atoms with Crippen LogP contribution in [0.5, 0.6) is 5.75 Å². The van der Waals surface area contributed by atoms with Crippen LogP contribution in [0, 0.1) is 0 Å². The fourth-order valence-electron chi connectivity index (χ4n) is 4.09. The summed E-state index contributed by atoms with van der Waals surface area (Å²) < 4.78 is 5.26. The van der Waals surface area contributed by atoms with E-state index in [9.17, 15) is 9.59 Å². The van der Waals surface area contributed by atoms with E-state index in [1.165, 1.54) is 0 Å². The second-order valence-corrected chi connectivity index (χ2v) is 6.89. The van der Waals surface area contributed by atoms with E-state index in [0.29, 0.717) is 36.1 Å². The van der Waals surface area contributed by atoms with E-state index in [4.69, 9.17) is 4.74 Å². The maximum Gasteiger partial charge on any atom is 0.227 e. The Bertz CT molecular complexity index is 1180. The van der Waals surface area contributed by atoms with Gasteiger partial charge in [-0.3, -0.25) is 9.59 Å². The van der Waals surface area contributed by atoms with Gasteiger partial charge in [0.25, 0.3) is 0 Å². The Hall–Kier alpha value is -3.34.